The van der Waals surface area contributed by atoms with Gasteiger partial charge < -0.3 is 9.88 Å². The van der Waals surface area contributed by atoms with Gasteiger partial charge in [-0.1, -0.05) is 0 Å². The highest BCUT2D eigenvalue weighted by Crippen LogP contribution is 2.00. The van der Waals surface area contributed by atoms with Crippen molar-refractivity contribution in [2.75, 3.05) is 6.54 Å². The Balaban J connectivity index is 2.25. The minimum Gasteiger partial charge on any atom is -0.354 e. The van der Waals surface area contributed by atoms with Crippen molar-refractivity contribution in [2.45, 2.75) is 26.4 Å². The monoisotopic (exact) mass is 176 g/mol. The van der Waals surface area contributed by atoms with E-state index in [0.717, 1.165) is 26.1 Å². The Hall–Kier alpha value is -1.20. The zero-order valence-corrected chi connectivity index (χ0v) is 8.09. The number of hydrogen-bond acceptors (Lipinski definition) is 1. The fraction of sp³-hybridized carbons (Fsp3) is 0.455. The SMILES string of the molecule is C#CCCNCc1ccn(CC)c1. The lowest BCUT2D eigenvalue weighted by Gasteiger charge is -1.99. The molecule has 0 amide bonds. The summed E-state index contributed by atoms with van der Waals surface area (Å²) in [5, 5.41) is 3.28. The van der Waals surface area contributed by atoms with E-state index in [9.17, 15) is 0 Å². The van der Waals surface area contributed by atoms with Crippen molar-refractivity contribution in [2.24, 2.45) is 0 Å². The average molecular weight is 176 g/mol. The smallest absolute Gasteiger partial charge is 0.0220 e. The average Bonchev–Trinajstić information content (AvgIpc) is 2.60. The molecule has 2 nitrogen and oxygen atoms in total. The van der Waals surface area contributed by atoms with Gasteiger partial charge in [0.25, 0.3) is 0 Å². The molecule has 1 heterocycles. The molecule has 0 aliphatic carbocycles. The lowest BCUT2D eigenvalue weighted by atomic mass is 10.3. The second kappa shape index (κ2) is 5.45. The van der Waals surface area contributed by atoms with E-state index in [0.29, 0.717) is 0 Å². The van der Waals surface area contributed by atoms with E-state index in [-0.39, 0.29) is 0 Å². The Kier molecular flexibility index (Phi) is 4.14. The second-order valence-electron chi connectivity index (χ2n) is 2.98. The molecule has 0 aliphatic rings. The molecule has 1 aromatic heterocycles. The van der Waals surface area contributed by atoms with Crippen LogP contribution in [0.3, 0.4) is 0 Å². The predicted octanol–water partition coefficient (Wildman–Crippen LogP) is 1.62. The Morgan fingerprint density at radius 1 is 1.62 bits per heavy atom. The fourth-order valence-corrected chi connectivity index (χ4v) is 1.19. The molecule has 0 spiro atoms. The number of hydrogen-bond donors (Lipinski definition) is 1. The van der Waals surface area contributed by atoms with Gasteiger partial charge in [-0.05, 0) is 18.6 Å². The highest BCUT2D eigenvalue weighted by Gasteiger charge is 1.93. The summed E-state index contributed by atoms with van der Waals surface area (Å²) >= 11 is 0. The first kappa shape index (κ1) is 9.88. The molecule has 1 rings (SSSR count). The molecule has 0 fully saturated rings. The van der Waals surface area contributed by atoms with Crippen molar-refractivity contribution in [1.82, 2.24) is 9.88 Å². The van der Waals surface area contributed by atoms with Crippen LogP contribution in [0.2, 0.25) is 0 Å². The normalized spacial score (nSPS) is 9.85. The number of nitrogens with one attached hydrogen (secondary N) is 1. The van der Waals surface area contributed by atoms with Crippen molar-refractivity contribution in [3.63, 3.8) is 0 Å². The maximum Gasteiger partial charge on any atom is 0.0220 e. The summed E-state index contributed by atoms with van der Waals surface area (Å²) in [7, 11) is 0. The molecule has 0 bridgehead atoms. The van der Waals surface area contributed by atoms with Crippen molar-refractivity contribution in [3.8, 4) is 12.3 Å². The van der Waals surface area contributed by atoms with Gasteiger partial charge in [0.1, 0.15) is 0 Å². The minimum atomic E-state index is 0.800. The summed E-state index contributed by atoms with van der Waals surface area (Å²) in [5.41, 5.74) is 1.32. The number of terminal acetylenes is 1. The van der Waals surface area contributed by atoms with E-state index in [1.54, 1.807) is 0 Å². The lowest BCUT2D eigenvalue weighted by Crippen LogP contribution is -2.13. The van der Waals surface area contributed by atoms with E-state index >= 15 is 0 Å². The molecular formula is C11H16N2. The van der Waals surface area contributed by atoms with Crippen LogP contribution in [0.4, 0.5) is 0 Å². The zero-order valence-electron chi connectivity index (χ0n) is 8.09. The molecule has 0 aromatic carbocycles. The van der Waals surface area contributed by atoms with Gasteiger partial charge in [-0.25, -0.2) is 0 Å². The topological polar surface area (TPSA) is 17.0 Å². The standard InChI is InChI=1S/C11H16N2/c1-3-5-7-12-9-11-6-8-13(4-2)10-11/h1,6,8,10,12H,4-5,7,9H2,2H3. The zero-order chi connectivity index (χ0) is 9.52. The highest BCUT2D eigenvalue weighted by molar-refractivity contribution is 5.09. The first-order chi connectivity index (χ1) is 6.36. The largest absolute Gasteiger partial charge is 0.354 e. The Morgan fingerprint density at radius 2 is 2.46 bits per heavy atom. The fourth-order valence-electron chi connectivity index (χ4n) is 1.19. The number of nitrogens with zero attached hydrogens (tertiary/aromatic N) is 1. The molecule has 13 heavy (non-hydrogen) atoms. The molecule has 1 aromatic rings. The van der Waals surface area contributed by atoms with Gasteiger partial charge in [0, 0.05) is 38.4 Å². The third kappa shape index (κ3) is 3.35. The van der Waals surface area contributed by atoms with Gasteiger partial charge in [-0.3, -0.25) is 0 Å². The molecule has 0 saturated carbocycles. The number of aryl methyl sites for hydroxylation is 1. The van der Waals surface area contributed by atoms with Crippen LogP contribution in [0.25, 0.3) is 0 Å². The third-order valence-corrected chi connectivity index (χ3v) is 1.95. The summed E-state index contributed by atoms with van der Waals surface area (Å²) in [6.07, 6.45) is 10.2. The predicted molar refractivity (Wildman–Crippen MR) is 55.3 cm³/mol. The summed E-state index contributed by atoms with van der Waals surface area (Å²) in [4.78, 5) is 0. The quantitative estimate of drug-likeness (QED) is 0.533. The maximum atomic E-state index is 5.14. The van der Waals surface area contributed by atoms with Gasteiger partial charge in [-0.15, -0.1) is 12.3 Å². The van der Waals surface area contributed by atoms with Gasteiger partial charge in [0.2, 0.25) is 0 Å². The Labute approximate surface area is 80.0 Å². The van der Waals surface area contributed by atoms with E-state index < -0.39 is 0 Å². The molecule has 0 unspecified atom stereocenters. The molecule has 0 radical (unpaired) electrons. The van der Waals surface area contributed by atoms with Crippen LogP contribution in [-0.2, 0) is 13.1 Å². The second-order valence-corrected chi connectivity index (χ2v) is 2.98. The van der Waals surface area contributed by atoms with E-state index in [1.807, 2.05) is 0 Å². The van der Waals surface area contributed by atoms with E-state index in [4.69, 9.17) is 6.42 Å². The molecule has 0 aliphatic heterocycles. The summed E-state index contributed by atoms with van der Waals surface area (Å²) < 4.78 is 2.16. The van der Waals surface area contributed by atoms with Gasteiger partial charge in [0.15, 0.2) is 0 Å². The first-order valence-electron chi connectivity index (χ1n) is 4.65. The molecule has 0 atom stereocenters. The summed E-state index contributed by atoms with van der Waals surface area (Å²) in [5.74, 6) is 2.60. The van der Waals surface area contributed by atoms with E-state index in [2.05, 4.69) is 41.2 Å². The Bertz CT molecular complexity index is 281. The van der Waals surface area contributed by atoms with Gasteiger partial charge in [0.05, 0.1) is 0 Å². The molecule has 70 valence electrons. The van der Waals surface area contributed by atoms with Crippen LogP contribution < -0.4 is 5.32 Å². The van der Waals surface area contributed by atoms with Crippen LogP contribution in [0.15, 0.2) is 18.5 Å². The van der Waals surface area contributed by atoms with Gasteiger partial charge >= 0.3 is 0 Å². The summed E-state index contributed by atoms with van der Waals surface area (Å²) in [6, 6.07) is 2.13. The van der Waals surface area contributed by atoms with Crippen LogP contribution in [0, 0.1) is 12.3 Å². The lowest BCUT2D eigenvalue weighted by molar-refractivity contribution is 0.696. The minimum absolute atomic E-state index is 0.800. The van der Waals surface area contributed by atoms with Crippen LogP contribution in [0.1, 0.15) is 18.9 Å². The van der Waals surface area contributed by atoms with E-state index in [1.165, 1.54) is 5.56 Å². The van der Waals surface area contributed by atoms with Gasteiger partial charge in [-0.2, -0.15) is 0 Å². The van der Waals surface area contributed by atoms with Crippen molar-refractivity contribution in [1.29, 1.82) is 0 Å². The molecule has 2 heteroatoms. The van der Waals surface area contributed by atoms with Crippen LogP contribution in [0.5, 0.6) is 0 Å². The first-order valence-corrected chi connectivity index (χ1v) is 4.65. The third-order valence-electron chi connectivity index (χ3n) is 1.95. The highest BCUT2D eigenvalue weighted by atomic mass is 14.9. The Morgan fingerprint density at radius 3 is 3.08 bits per heavy atom. The van der Waals surface area contributed by atoms with Crippen LogP contribution >= 0.6 is 0 Å². The number of rotatable bonds is 5. The van der Waals surface area contributed by atoms with Crippen molar-refractivity contribution < 1.29 is 0 Å². The molecular weight excluding hydrogens is 160 g/mol. The maximum absolute atomic E-state index is 5.14. The van der Waals surface area contributed by atoms with Crippen molar-refractivity contribution >= 4 is 0 Å². The molecule has 0 saturated heterocycles. The van der Waals surface area contributed by atoms with Crippen molar-refractivity contribution in [3.05, 3.63) is 24.0 Å². The van der Waals surface area contributed by atoms with Crippen LogP contribution in [-0.4, -0.2) is 11.1 Å². The number of aromatic nitrogens is 1. The molecule has 1 N–H and O–H groups in total. The summed E-state index contributed by atoms with van der Waals surface area (Å²) in [6.45, 7) is 4.97.